The fourth-order valence-electron chi connectivity index (χ4n) is 2.96. The van der Waals surface area contributed by atoms with Gasteiger partial charge in [-0.1, -0.05) is 12.8 Å². The molecule has 0 saturated heterocycles. The van der Waals surface area contributed by atoms with Gasteiger partial charge in [0.05, 0.1) is 6.54 Å². The number of rotatable bonds is 6. The fraction of sp³-hybridized carbons (Fsp3) is 0.786. The Morgan fingerprint density at radius 3 is 2.89 bits per heavy atom. The monoisotopic (exact) mass is 251 g/mol. The first-order chi connectivity index (χ1) is 8.85. The zero-order valence-corrected chi connectivity index (χ0v) is 11.3. The van der Waals surface area contributed by atoms with Crippen molar-refractivity contribution in [1.82, 2.24) is 14.9 Å². The lowest BCUT2D eigenvalue weighted by molar-refractivity contribution is 0.133. The van der Waals surface area contributed by atoms with Gasteiger partial charge in [-0.2, -0.15) is 0 Å². The Hall–Kier alpha value is -0.870. The molecule has 0 bridgehead atoms. The molecule has 0 spiro atoms. The third kappa shape index (κ3) is 3.33. The Morgan fingerprint density at radius 1 is 1.39 bits per heavy atom. The predicted molar refractivity (Wildman–Crippen MR) is 72.1 cm³/mol. The lowest BCUT2D eigenvalue weighted by Crippen LogP contribution is -2.32. The van der Waals surface area contributed by atoms with Gasteiger partial charge < -0.3 is 15.0 Å². The summed E-state index contributed by atoms with van der Waals surface area (Å²) in [5.41, 5.74) is 0. The van der Waals surface area contributed by atoms with Crippen LogP contribution in [-0.4, -0.2) is 27.8 Å². The number of nitrogens with one attached hydrogen (secondary N) is 1. The second kappa shape index (κ2) is 6.90. The summed E-state index contributed by atoms with van der Waals surface area (Å²) < 4.78 is 2.16. The summed E-state index contributed by atoms with van der Waals surface area (Å²) in [6, 6.07) is 0. The number of imidazole rings is 1. The van der Waals surface area contributed by atoms with Crippen molar-refractivity contribution in [3.63, 3.8) is 0 Å². The molecule has 4 heteroatoms. The van der Waals surface area contributed by atoms with Gasteiger partial charge in [0.2, 0.25) is 0 Å². The Balaban J connectivity index is 1.77. The number of nitrogens with zero attached hydrogens (tertiary/aromatic N) is 2. The normalized spacial score (nSPS) is 24.3. The zero-order chi connectivity index (χ0) is 12.8. The van der Waals surface area contributed by atoms with E-state index in [2.05, 4.69) is 21.8 Å². The number of aryl methyl sites for hydroxylation is 1. The molecule has 2 N–H and O–H groups in total. The Labute approximate surface area is 109 Å². The van der Waals surface area contributed by atoms with Gasteiger partial charge >= 0.3 is 0 Å². The van der Waals surface area contributed by atoms with Crippen LogP contribution in [0.2, 0.25) is 0 Å². The summed E-state index contributed by atoms with van der Waals surface area (Å²) in [5, 5.41) is 12.9. The first kappa shape index (κ1) is 13.6. The van der Waals surface area contributed by atoms with Gasteiger partial charge in [-0.3, -0.25) is 0 Å². The van der Waals surface area contributed by atoms with Gasteiger partial charge in [-0.25, -0.2) is 4.98 Å². The van der Waals surface area contributed by atoms with Crippen LogP contribution in [0.4, 0.5) is 0 Å². The third-order valence-electron chi connectivity index (χ3n) is 4.13. The SMILES string of the molecule is CCn1ccnc1CNCC1CCCCC1CO. The molecule has 0 aromatic carbocycles. The van der Waals surface area contributed by atoms with Gasteiger partial charge in [0.25, 0.3) is 0 Å². The summed E-state index contributed by atoms with van der Waals surface area (Å²) in [7, 11) is 0. The van der Waals surface area contributed by atoms with Crippen molar-refractivity contribution in [2.24, 2.45) is 11.8 Å². The van der Waals surface area contributed by atoms with Gasteiger partial charge in [0.15, 0.2) is 0 Å². The van der Waals surface area contributed by atoms with Crippen molar-refractivity contribution >= 4 is 0 Å². The average molecular weight is 251 g/mol. The van der Waals surface area contributed by atoms with Crippen molar-refractivity contribution in [2.45, 2.75) is 45.7 Å². The van der Waals surface area contributed by atoms with E-state index in [1.165, 1.54) is 25.7 Å². The van der Waals surface area contributed by atoms with Crippen LogP contribution >= 0.6 is 0 Å². The van der Waals surface area contributed by atoms with Crippen LogP contribution < -0.4 is 5.32 Å². The highest BCUT2D eigenvalue weighted by Crippen LogP contribution is 2.29. The molecule has 1 aromatic heterocycles. The molecule has 2 rings (SSSR count). The summed E-state index contributed by atoms with van der Waals surface area (Å²) in [6.45, 7) is 5.28. The number of aromatic nitrogens is 2. The molecule has 102 valence electrons. The van der Waals surface area contributed by atoms with E-state index in [4.69, 9.17) is 0 Å². The van der Waals surface area contributed by atoms with Crippen LogP contribution in [0.5, 0.6) is 0 Å². The maximum Gasteiger partial charge on any atom is 0.122 e. The van der Waals surface area contributed by atoms with Crippen molar-refractivity contribution in [1.29, 1.82) is 0 Å². The number of aliphatic hydroxyl groups excluding tert-OH is 1. The van der Waals surface area contributed by atoms with Crippen LogP contribution in [0.15, 0.2) is 12.4 Å². The quantitative estimate of drug-likeness (QED) is 0.810. The van der Waals surface area contributed by atoms with Gasteiger partial charge in [-0.05, 0) is 38.1 Å². The Morgan fingerprint density at radius 2 is 2.17 bits per heavy atom. The minimum absolute atomic E-state index is 0.343. The van der Waals surface area contributed by atoms with Crippen LogP contribution in [0.3, 0.4) is 0 Å². The number of aliphatic hydroxyl groups is 1. The predicted octanol–water partition coefficient (Wildman–Crippen LogP) is 1.79. The molecule has 2 unspecified atom stereocenters. The molecule has 2 atom stereocenters. The van der Waals surface area contributed by atoms with Gasteiger partial charge in [0, 0.05) is 25.5 Å². The van der Waals surface area contributed by atoms with Gasteiger partial charge in [0.1, 0.15) is 5.82 Å². The maximum atomic E-state index is 9.38. The summed E-state index contributed by atoms with van der Waals surface area (Å²) in [6.07, 6.45) is 8.91. The van der Waals surface area contributed by atoms with E-state index in [0.29, 0.717) is 18.4 Å². The summed E-state index contributed by atoms with van der Waals surface area (Å²) in [5.74, 6) is 2.24. The second-order valence-corrected chi connectivity index (χ2v) is 5.25. The molecule has 18 heavy (non-hydrogen) atoms. The van der Waals surface area contributed by atoms with Crippen molar-refractivity contribution < 1.29 is 5.11 Å². The first-order valence-electron chi connectivity index (χ1n) is 7.16. The van der Waals surface area contributed by atoms with Crippen LogP contribution in [0.1, 0.15) is 38.4 Å². The van der Waals surface area contributed by atoms with E-state index >= 15 is 0 Å². The molecule has 0 aliphatic heterocycles. The van der Waals surface area contributed by atoms with E-state index in [0.717, 1.165) is 25.5 Å². The number of hydrogen-bond donors (Lipinski definition) is 2. The Bertz CT molecular complexity index is 351. The van der Waals surface area contributed by atoms with E-state index < -0.39 is 0 Å². The zero-order valence-electron chi connectivity index (χ0n) is 11.3. The smallest absolute Gasteiger partial charge is 0.122 e. The molecular weight excluding hydrogens is 226 g/mol. The molecule has 4 nitrogen and oxygen atoms in total. The average Bonchev–Trinajstić information content (AvgIpc) is 2.87. The van der Waals surface area contributed by atoms with Crippen LogP contribution in [0, 0.1) is 11.8 Å². The standard InChI is InChI=1S/C14H25N3O/c1-2-17-8-7-16-14(17)10-15-9-12-5-3-4-6-13(12)11-18/h7-8,12-13,15,18H,2-6,9-11H2,1H3. The van der Waals surface area contributed by atoms with E-state index in [1.807, 2.05) is 12.4 Å². The molecule has 1 fully saturated rings. The van der Waals surface area contributed by atoms with Crippen molar-refractivity contribution in [3.8, 4) is 0 Å². The molecule has 0 amide bonds. The molecule has 1 saturated carbocycles. The van der Waals surface area contributed by atoms with Crippen molar-refractivity contribution in [2.75, 3.05) is 13.2 Å². The fourth-order valence-corrected chi connectivity index (χ4v) is 2.96. The van der Waals surface area contributed by atoms with Crippen LogP contribution in [-0.2, 0) is 13.1 Å². The highest BCUT2D eigenvalue weighted by Gasteiger charge is 2.23. The lowest BCUT2D eigenvalue weighted by Gasteiger charge is -2.30. The minimum Gasteiger partial charge on any atom is -0.396 e. The largest absolute Gasteiger partial charge is 0.396 e. The van der Waals surface area contributed by atoms with Crippen LogP contribution in [0.25, 0.3) is 0 Å². The molecule has 1 heterocycles. The molecular formula is C14H25N3O. The Kier molecular flexibility index (Phi) is 5.20. The van der Waals surface area contributed by atoms with Gasteiger partial charge in [-0.15, -0.1) is 0 Å². The maximum absolute atomic E-state index is 9.38. The molecule has 1 aliphatic carbocycles. The number of hydrogen-bond acceptors (Lipinski definition) is 3. The second-order valence-electron chi connectivity index (χ2n) is 5.25. The minimum atomic E-state index is 0.343. The third-order valence-corrected chi connectivity index (χ3v) is 4.13. The topological polar surface area (TPSA) is 50.1 Å². The molecule has 1 aliphatic rings. The van der Waals surface area contributed by atoms with E-state index in [9.17, 15) is 5.11 Å². The lowest BCUT2D eigenvalue weighted by atomic mass is 9.79. The van der Waals surface area contributed by atoms with Crippen molar-refractivity contribution in [3.05, 3.63) is 18.2 Å². The molecule has 1 aromatic rings. The first-order valence-corrected chi connectivity index (χ1v) is 7.16. The summed E-state index contributed by atoms with van der Waals surface area (Å²) in [4.78, 5) is 4.36. The molecule has 0 radical (unpaired) electrons. The summed E-state index contributed by atoms with van der Waals surface area (Å²) >= 11 is 0. The van der Waals surface area contributed by atoms with E-state index in [1.54, 1.807) is 0 Å². The van der Waals surface area contributed by atoms with E-state index in [-0.39, 0.29) is 0 Å². The highest BCUT2D eigenvalue weighted by molar-refractivity contribution is 4.91. The highest BCUT2D eigenvalue weighted by atomic mass is 16.3.